The summed E-state index contributed by atoms with van der Waals surface area (Å²) in [7, 11) is 0. The summed E-state index contributed by atoms with van der Waals surface area (Å²) in [5.74, 6) is -1.32. The molecule has 0 saturated carbocycles. The second-order valence-corrected chi connectivity index (χ2v) is 3.35. The molecule has 0 amide bonds. The molecule has 2 aliphatic carbocycles. The van der Waals surface area contributed by atoms with Crippen molar-refractivity contribution < 1.29 is 30.5 Å². The van der Waals surface area contributed by atoms with Crippen LogP contribution in [0.15, 0.2) is 54.7 Å². The summed E-state index contributed by atoms with van der Waals surface area (Å²) in [5, 5.41) is 0. The first-order valence-corrected chi connectivity index (χ1v) is 5.56. The number of halogens is 2. The Balaban J connectivity index is 0.000000259. The van der Waals surface area contributed by atoms with Gasteiger partial charge in [-0.3, -0.25) is 12.2 Å². The Morgan fingerprint density at radius 2 is 1.32 bits per heavy atom. The molecule has 1 radical (unpaired) electrons. The van der Waals surface area contributed by atoms with Crippen LogP contribution in [-0.2, 0) is 21.7 Å². The van der Waals surface area contributed by atoms with E-state index in [0.717, 1.165) is 25.0 Å². The van der Waals surface area contributed by atoms with Gasteiger partial charge >= 0.3 is 21.7 Å². The standard InChI is InChI=1S/C6H3F2.2C5H5.Ti/c7-5-2-1-3-6(8)4-5;2*1-2-4-5-3-1;/h1-3H;2*1-3H,4H2;/q3*-1;+3. The Kier molecular flexibility index (Phi) is 11.0. The fourth-order valence-electron chi connectivity index (χ4n) is 1.09. The number of rotatable bonds is 0. The van der Waals surface area contributed by atoms with E-state index in [0.29, 0.717) is 0 Å². The van der Waals surface area contributed by atoms with Crippen molar-refractivity contribution in [3.8, 4) is 0 Å². The summed E-state index contributed by atoms with van der Waals surface area (Å²) < 4.78 is 23.7. The molecule has 0 unspecified atom stereocenters. The largest absolute Gasteiger partial charge is 3.00 e. The van der Waals surface area contributed by atoms with Gasteiger partial charge in [0, 0.05) is 11.6 Å². The molecule has 0 aliphatic heterocycles. The molecular formula is C16H13F2Ti. The molecule has 0 fully saturated rings. The van der Waals surface area contributed by atoms with Crippen molar-refractivity contribution in [2.45, 2.75) is 12.8 Å². The molecule has 3 heteroatoms. The number of hydrogen-bond acceptors (Lipinski definition) is 0. The van der Waals surface area contributed by atoms with E-state index in [-0.39, 0.29) is 21.7 Å². The zero-order chi connectivity index (χ0) is 13.1. The molecular weight excluding hydrogens is 278 g/mol. The van der Waals surface area contributed by atoms with E-state index in [1.807, 2.05) is 30.4 Å². The predicted octanol–water partition coefficient (Wildman–Crippen LogP) is 4.37. The van der Waals surface area contributed by atoms with E-state index in [4.69, 9.17) is 0 Å². The van der Waals surface area contributed by atoms with Crippen molar-refractivity contribution in [1.82, 2.24) is 0 Å². The van der Waals surface area contributed by atoms with Gasteiger partial charge in [0.25, 0.3) is 0 Å². The van der Waals surface area contributed by atoms with Crippen molar-refractivity contribution in [3.05, 3.63) is 84.5 Å². The minimum atomic E-state index is -0.662. The Bertz CT molecular complexity index is 400. The van der Waals surface area contributed by atoms with Crippen LogP contribution in [-0.4, -0.2) is 0 Å². The van der Waals surface area contributed by atoms with Crippen molar-refractivity contribution in [1.29, 1.82) is 0 Å². The first-order valence-electron chi connectivity index (χ1n) is 5.56. The molecule has 0 spiro atoms. The van der Waals surface area contributed by atoms with Gasteiger partial charge < -0.3 is 0 Å². The molecule has 1 aromatic carbocycles. The quantitative estimate of drug-likeness (QED) is 0.492. The smallest absolute Gasteiger partial charge is 0.273 e. The summed E-state index contributed by atoms with van der Waals surface area (Å²) in [6.45, 7) is 0. The van der Waals surface area contributed by atoms with Crippen LogP contribution < -0.4 is 0 Å². The van der Waals surface area contributed by atoms with Crippen LogP contribution in [0.5, 0.6) is 0 Å². The molecule has 3 rings (SSSR count). The molecule has 0 nitrogen and oxygen atoms in total. The maximum absolute atomic E-state index is 11.9. The molecule has 19 heavy (non-hydrogen) atoms. The molecule has 0 aromatic heterocycles. The molecule has 1 aromatic rings. The van der Waals surface area contributed by atoms with Crippen LogP contribution in [0.25, 0.3) is 0 Å². The summed E-state index contributed by atoms with van der Waals surface area (Å²) >= 11 is 0. The van der Waals surface area contributed by atoms with Crippen LogP contribution in [0, 0.1) is 29.9 Å². The van der Waals surface area contributed by atoms with Gasteiger partial charge in [0.15, 0.2) is 0 Å². The van der Waals surface area contributed by atoms with Gasteiger partial charge in [0.1, 0.15) is 0 Å². The van der Waals surface area contributed by atoms with Crippen molar-refractivity contribution in [3.63, 3.8) is 0 Å². The van der Waals surface area contributed by atoms with Crippen molar-refractivity contribution in [2.24, 2.45) is 0 Å². The second kappa shape index (κ2) is 11.8. The van der Waals surface area contributed by atoms with Crippen LogP contribution in [0.1, 0.15) is 12.8 Å². The predicted molar refractivity (Wildman–Crippen MR) is 68.3 cm³/mol. The van der Waals surface area contributed by atoms with Gasteiger partial charge in [0.05, 0.1) is 0 Å². The third-order valence-electron chi connectivity index (χ3n) is 1.90. The summed E-state index contributed by atoms with van der Waals surface area (Å²) in [6, 6.07) is 5.41. The van der Waals surface area contributed by atoms with Crippen LogP contribution in [0.4, 0.5) is 8.78 Å². The minimum Gasteiger partial charge on any atom is -0.273 e. The fraction of sp³-hybridized carbons (Fsp3) is 0.125. The van der Waals surface area contributed by atoms with Gasteiger partial charge in [-0.05, 0) is 0 Å². The van der Waals surface area contributed by atoms with E-state index in [2.05, 4.69) is 24.3 Å². The minimum absolute atomic E-state index is 0. The summed E-state index contributed by atoms with van der Waals surface area (Å²) in [4.78, 5) is 0. The Morgan fingerprint density at radius 1 is 0.842 bits per heavy atom. The van der Waals surface area contributed by atoms with Gasteiger partial charge in [0.2, 0.25) is 0 Å². The zero-order valence-corrected chi connectivity index (χ0v) is 11.9. The maximum Gasteiger partial charge on any atom is 3.00 e. The van der Waals surface area contributed by atoms with Crippen molar-refractivity contribution >= 4 is 0 Å². The molecule has 0 heterocycles. The topological polar surface area (TPSA) is 0 Å². The van der Waals surface area contributed by atoms with E-state index < -0.39 is 11.6 Å². The van der Waals surface area contributed by atoms with E-state index >= 15 is 0 Å². The summed E-state index contributed by atoms with van der Waals surface area (Å²) in [5.41, 5.74) is 0. The zero-order valence-electron chi connectivity index (χ0n) is 10.4. The second-order valence-electron chi connectivity index (χ2n) is 3.35. The molecule has 0 saturated heterocycles. The third kappa shape index (κ3) is 10.4. The summed E-state index contributed by atoms with van der Waals surface area (Å²) in [6.07, 6.45) is 20.0. The van der Waals surface area contributed by atoms with Gasteiger partial charge in [-0.25, -0.2) is 33.1 Å². The Labute approximate surface area is 128 Å². The van der Waals surface area contributed by atoms with E-state index in [1.54, 1.807) is 0 Å². The van der Waals surface area contributed by atoms with Gasteiger partial charge in [-0.1, -0.05) is 0 Å². The first kappa shape index (κ1) is 17.8. The van der Waals surface area contributed by atoms with E-state index in [9.17, 15) is 8.78 Å². The normalized spacial score (nSPS) is 13.2. The van der Waals surface area contributed by atoms with E-state index in [1.165, 1.54) is 6.07 Å². The third-order valence-corrected chi connectivity index (χ3v) is 1.90. The molecule has 0 bridgehead atoms. The molecule has 2 aliphatic rings. The average Bonchev–Trinajstić information content (AvgIpc) is 3.09. The van der Waals surface area contributed by atoms with Crippen LogP contribution in [0.2, 0.25) is 0 Å². The monoisotopic (exact) mass is 291 g/mol. The van der Waals surface area contributed by atoms with Crippen LogP contribution in [0.3, 0.4) is 0 Å². The maximum atomic E-state index is 11.9. The van der Waals surface area contributed by atoms with Gasteiger partial charge in [-0.2, -0.15) is 18.2 Å². The fourth-order valence-corrected chi connectivity index (χ4v) is 1.09. The number of allylic oxidation sites excluding steroid dienone is 8. The molecule has 95 valence electrons. The number of benzene rings is 1. The first-order chi connectivity index (χ1) is 8.79. The van der Waals surface area contributed by atoms with Crippen LogP contribution >= 0.6 is 0 Å². The molecule has 0 N–H and O–H groups in total. The van der Waals surface area contributed by atoms with Gasteiger partial charge in [-0.15, -0.1) is 31.0 Å². The SMILES string of the molecule is Fc1[c-]c(F)ccc1.[C-]1=CC=CC1.[C-]1=CC=CC1.[Ti+3]. The Morgan fingerprint density at radius 3 is 1.47 bits per heavy atom. The molecule has 0 atom stereocenters. The average molecular weight is 291 g/mol. The Hall–Kier alpha value is -1.25. The van der Waals surface area contributed by atoms with Crippen molar-refractivity contribution in [2.75, 3.05) is 0 Å². The number of hydrogen-bond donors (Lipinski definition) is 0.